The molecule has 0 spiro atoms. The number of rotatable bonds is 12. The lowest BCUT2D eigenvalue weighted by Crippen LogP contribution is -2.13. The molecule has 6 nitrogen and oxygen atoms in total. The number of ether oxygens (including phenoxy) is 3. The number of thiophene rings is 1. The highest BCUT2D eigenvalue weighted by atomic mass is 32.1. The van der Waals surface area contributed by atoms with Crippen molar-refractivity contribution in [3.8, 4) is 11.5 Å². The summed E-state index contributed by atoms with van der Waals surface area (Å²) in [4.78, 5) is 26.2. The number of methoxy groups -OCH3 is 1. The van der Waals surface area contributed by atoms with Crippen molar-refractivity contribution < 1.29 is 23.8 Å². The van der Waals surface area contributed by atoms with Crippen molar-refractivity contribution in [2.75, 3.05) is 25.6 Å². The molecule has 1 amide bonds. The zero-order valence-electron chi connectivity index (χ0n) is 19.7. The molecule has 1 aromatic carbocycles. The minimum atomic E-state index is -0.369. The van der Waals surface area contributed by atoms with Gasteiger partial charge in [0.05, 0.1) is 25.9 Å². The van der Waals surface area contributed by atoms with Crippen molar-refractivity contribution >= 4 is 34.3 Å². The van der Waals surface area contributed by atoms with Gasteiger partial charge in [0.2, 0.25) is 5.91 Å². The summed E-state index contributed by atoms with van der Waals surface area (Å²) < 4.78 is 16.5. The van der Waals surface area contributed by atoms with Crippen LogP contribution >= 0.6 is 11.3 Å². The van der Waals surface area contributed by atoms with E-state index < -0.39 is 0 Å². The van der Waals surface area contributed by atoms with Crippen LogP contribution in [0.4, 0.5) is 5.00 Å². The molecule has 0 fully saturated rings. The summed E-state index contributed by atoms with van der Waals surface area (Å²) >= 11 is 1.47. The Labute approximate surface area is 199 Å². The van der Waals surface area contributed by atoms with Crippen LogP contribution in [0.3, 0.4) is 0 Å². The third-order valence-corrected chi connectivity index (χ3v) is 6.72. The van der Waals surface area contributed by atoms with Gasteiger partial charge < -0.3 is 19.5 Å². The molecule has 0 bridgehead atoms. The summed E-state index contributed by atoms with van der Waals surface area (Å²) in [6, 6.07) is 5.59. The van der Waals surface area contributed by atoms with Gasteiger partial charge in [0, 0.05) is 11.0 Å². The van der Waals surface area contributed by atoms with Crippen molar-refractivity contribution in [3.63, 3.8) is 0 Å². The molecule has 1 aromatic heterocycles. The van der Waals surface area contributed by atoms with Crippen molar-refractivity contribution in [1.29, 1.82) is 0 Å². The highest BCUT2D eigenvalue weighted by molar-refractivity contribution is 7.17. The van der Waals surface area contributed by atoms with Gasteiger partial charge in [-0.25, -0.2) is 4.79 Å². The maximum Gasteiger partial charge on any atom is 0.341 e. The fourth-order valence-electron chi connectivity index (χ4n) is 3.86. The molecule has 7 heteroatoms. The first kappa shape index (κ1) is 24.8. The number of amides is 1. The fraction of sp³-hybridized carbons (Fsp3) is 0.462. The van der Waals surface area contributed by atoms with Crippen LogP contribution in [-0.2, 0) is 22.4 Å². The number of carbonyl (C=O) groups is 2. The van der Waals surface area contributed by atoms with Gasteiger partial charge in [-0.3, -0.25) is 4.79 Å². The van der Waals surface area contributed by atoms with Crippen LogP contribution in [0.15, 0.2) is 24.3 Å². The number of aryl methyl sites for hydroxylation is 1. The third kappa shape index (κ3) is 6.60. The average Bonchev–Trinajstić information content (AvgIpc) is 3.39. The van der Waals surface area contributed by atoms with Crippen LogP contribution in [0.1, 0.15) is 72.3 Å². The summed E-state index contributed by atoms with van der Waals surface area (Å²) in [5, 5.41) is 3.44. The topological polar surface area (TPSA) is 73.9 Å². The van der Waals surface area contributed by atoms with Gasteiger partial charge in [0.25, 0.3) is 0 Å². The molecular formula is C26H33NO5S. The Morgan fingerprint density at radius 1 is 1.12 bits per heavy atom. The lowest BCUT2D eigenvalue weighted by Gasteiger charge is -2.11. The van der Waals surface area contributed by atoms with Gasteiger partial charge in [0.15, 0.2) is 11.5 Å². The number of hydrogen-bond acceptors (Lipinski definition) is 6. The first-order valence-electron chi connectivity index (χ1n) is 11.7. The summed E-state index contributed by atoms with van der Waals surface area (Å²) in [5.74, 6) is 0.664. The second kappa shape index (κ2) is 12.4. The van der Waals surface area contributed by atoms with Gasteiger partial charge in [-0.05, 0) is 61.9 Å². The average molecular weight is 472 g/mol. The summed E-state index contributed by atoms with van der Waals surface area (Å²) in [6.45, 7) is 4.92. The molecule has 0 saturated heterocycles. The SMILES string of the molecule is CCCCCCOc1ccc(/C=C/C(=O)Nc2sc3c(c2C(=O)OCC)CCC3)cc1OC. The second-order valence-corrected chi connectivity index (χ2v) is 9.03. The smallest absolute Gasteiger partial charge is 0.341 e. The van der Waals surface area contributed by atoms with Crippen LogP contribution in [0.25, 0.3) is 6.08 Å². The standard InChI is InChI=1S/C26H33NO5S/c1-4-6-7-8-16-32-20-14-12-18(17-21(20)30-3)13-15-23(28)27-25-24(26(29)31-5-2)19-10-9-11-22(19)33-25/h12-15,17H,4-11,16H2,1-3H3,(H,27,28)/b15-13+. The number of benzene rings is 1. The van der Waals surface area contributed by atoms with Crippen LogP contribution < -0.4 is 14.8 Å². The van der Waals surface area contributed by atoms with Crippen molar-refractivity contribution in [1.82, 2.24) is 0 Å². The monoisotopic (exact) mass is 471 g/mol. The van der Waals surface area contributed by atoms with E-state index in [2.05, 4.69) is 12.2 Å². The van der Waals surface area contributed by atoms with E-state index in [0.717, 1.165) is 48.1 Å². The highest BCUT2D eigenvalue weighted by Crippen LogP contribution is 2.39. The molecule has 0 radical (unpaired) electrons. The number of anilines is 1. The van der Waals surface area contributed by atoms with E-state index in [0.29, 0.717) is 35.3 Å². The molecule has 1 heterocycles. The molecule has 1 N–H and O–H groups in total. The Morgan fingerprint density at radius 2 is 1.97 bits per heavy atom. The lowest BCUT2D eigenvalue weighted by atomic mass is 10.1. The predicted molar refractivity (Wildman–Crippen MR) is 133 cm³/mol. The Morgan fingerprint density at radius 3 is 2.73 bits per heavy atom. The Bertz CT molecular complexity index is 995. The normalized spacial score (nSPS) is 12.6. The quantitative estimate of drug-likeness (QED) is 0.232. The molecular weight excluding hydrogens is 438 g/mol. The van der Waals surface area contributed by atoms with Crippen LogP contribution in [-0.4, -0.2) is 32.2 Å². The minimum Gasteiger partial charge on any atom is -0.493 e. The number of esters is 1. The molecule has 178 valence electrons. The van der Waals surface area contributed by atoms with Crippen LogP contribution in [0.2, 0.25) is 0 Å². The van der Waals surface area contributed by atoms with Crippen molar-refractivity contribution in [2.45, 2.75) is 58.8 Å². The van der Waals surface area contributed by atoms with E-state index >= 15 is 0 Å². The molecule has 0 atom stereocenters. The van der Waals surface area contributed by atoms with E-state index in [-0.39, 0.29) is 11.9 Å². The highest BCUT2D eigenvalue weighted by Gasteiger charge is 2.28. The number of nitrogens with one attached hydrogen (secondary N) is 1. The van der Waals surface area contributed by atoms with Gasteiger partial charge in [-0.2, -0.15) is 0 Å². The fourth-order valence-corrected chi connectivity index (χ4v) is 5.14. The van der Waals surface area contributed by atoms with Gasteiger partial charge in [-0.15, -0.1) is 11.3 Å². The van der Waals surface area contributed by atoms with Gasteiger partial charge in [-0.1, -0.05) is 32.3 Å². The molecule has 33 heavy (non-hydrogen) atoms. The number of unbranched alkanes of at least 4 members (excludes halogenated alkanes) is 3. The first-order chi connectivity index (χ1) is 16.1. The molecule has 0 unspecified atom stereocenters. The maximum atomic E-state index is 12.6. The Hall–Kier alpha value is -2.80. The summed E-state index contributed by atoms with van der Waals surface area (Å²) in [5.41, 5.74) is 2.35. The van der Waals surface area contributed by atoms with Gasteiger partial charge in [0.1, 0.15) is 5.00 Å². The van der Waals surface area contributed by atoms with Crippen LogP contribution in [0.5, 0.6) is 11.5 Å². The Balaban J connectivity index is 1.64. The largest absolute Gasteiger partial charge is 0.493 e. The van der Waals surface area contributed by atoms with E-state index in [9.17, 15) is 9.59 Å². The Kier molecular flexibility index (Phi) is 9.36. The molecule has 0 saturated carbocycles. The third-order valence-electron chi connectivity index (χ3n) is 5.51. The zero-order valence-corrected chi connectivity index (χ0v) is 20.5. The maximum absolute atomic E-state index is 12.6. The predicted octanol–water partition coefficient (Wildman–Crippen LogP) is 6.03. The number of fused-ring (bicyclic) bond motifs is 1. The minimum absolute atomic E-state index is 0.296. The molecule has 2 aromatic rings. The zero-order chi connectivity index (χ0) is 23.6. The van der Waals surface area contributed by atoms with E-state index in [4.69, 9.17) is 14.2 Å². The van der Waals surface area contributed by atoms with Crippen molar-refractivity contribution in [2.24, 2.45) is 0 Å². The van der Waals surface area contributed by atoms with E-state index in [1.54, 1.807) is 20.1 Å². The first-order valence-corrected chi connectivity index (χ1v) is 12.5. The molecule has 1 aliphatic carbocycles. The second-order valence-electron chi connectivity index (χ2n) is 7.92. The number of carbonyl (C=O) groups excluding carboxylic acids is 2. The van der Waals surface area contributed by atoms with Crippen molar-refractivity contribution in [3.05, 3.63) is 45.8 Å². The van der Waals surface area contributed by atoms with E-state index in [1.165, 1.54) is 30.3 Å². The van der Waals surface area contributed by atoms with Gasteiger partial charge >= 0.3 is 5.97 Å². The molecule has 3 rings (SSSR count). The molecule has 1 aliphatic rings. The number of hydrogen-bond donors (Lipinski definition) is 1. The van der Waals surface area contributed by atoms with Crippen LogP contribution in [0, 0.1) is 0 Å². The molecule has 0 aliphatic heterocycles. The summed E-state index contributed by atoms with van der Waals surface area (Å²) in [6.07, 6.45) is 10.6. The summed E-state index contributed by atoms with van der Waals surface area (Å²) in [7, 11) is 1.60. The van der Waals surface area contributed by atoms with E-state index in [1.807, 2.05) is 18.2 Å². The lowest BCUT2D eigenvalue weighted by molar-refractivity contribution is -0.111.